The molecule has 0 bridgehead atoms. The second-order valence-electron chi connectivity index (χ2n) is 7.88. The molecule has 2 atom stereocenters. The monoisotopic (exact) mass is 253 g/mol. The summed E-state index contributed by atoms with van der Waals surface area (Å²) in [6, 6.07) is 0. The molecular formula is C16H31NO. The molecule has 2 heteroatoms. The predicted octanol–water partition coefficient (Wildman–Crippen LogP) is 3.47. The summed E-state index contributed by atoms with van der Waals surface area (Å²) < 4.78 is 0. The van der Waals surface area contributed by atoms with Crippen LogP contribution in [0.5, 0.6) is 0 Å². The van der Waals surface area contributed by atoms with Crippen molar-refractivity contribution in [3.8, 4) is 0 Å². The Labute approximate surface area is 112 Å². The van der Waals surface area contributed by atoms with E-state index in [0.717, 1.165) is 25.7 Å². The lowest BCUT2D eigenvalue weighted by molar-refractivity contribution is -0.140. The molecule has 0 aliphatic heterocycles. The first-order chi connectivity index (χ1) is 8.33. The van der Waals surface area contributed by atoms with Gasteiger partial charge in [-0.05, 0) is 49.9 Å². The van der Waals surface area contributed by atoms with Crippen LogP contribution in [0, 0.1) is 16.7 Å². The van der Waals surface area contributed by atoms with Gasteiger partial charge in [0.2, 0.25) is 0 Å². The van der Waals surface area contributed by atoms with E-state index in [0.29, 0.717) is 17.9 Å². The zero-order chi connectivity index (χ0) is 13.4. The number of hydrogen-bond donors (Lipinski definition) is 2. The molecule has 2 fully saturated rings. The van der Waals surface area contributed by atoms with Gasteiger partial charge in [-0.2, -0.15) is 0 Å². The molecule has 18 heavy (non-hydrogen) atoms. The maximum atomic E-state index is 11.2. The van der Waals surface area contributed by atoms with Gasteiger partial charge in [0, 0.05) is 12.0 Å². The van der Waals surface area contributed by atoms with Crippen LogP contribution in [0.25, 0.3) is 0 Å². The summed E-state index contributed by atoms with van der Waals surface area (Å²) in [4.78, 5) is 0. The number of aliphatic hydroxyl groups is 1. The number of rotatable bonds is 2. The molecule has 0 amide bonds. The SMILES string of the molecule is CC1CCCC(O)(C2(CN)CCC(C)(C)CC2)C1. The van der Waals surface area contributed by atoms with Gasteiger partial charge < -0.3 is 10.8 Å². The van der Waals surface area contributed by atoms with Crippen molar-refractivity contribution in [2.24, 2.45) is 22.5 Å². The lowest BCUT2D eigenvalue weighted by Gasteiger charge is -2.54. The molecule has 2 aliphatic carbocycles. The Balaban J connectivity index is 2.17. The van der Waals surface area contributed by atoms with Crippen LogP contribution >= 0.6 is 0 Å². The summed E-state index contributed by atoms with van der Waals surface area (Å²) in [7, 11) is 0. The Bertz CT molecular complexity index is 289. The van der Waals surface area contributed by atoms with Crippen molar-refractivity contribution in [1.82, 2.24) is 0 Å². The van der Waals surface area contributed by atoms with E-state index in [4.69, 9.17) is 5.73 Å². The Hall–Kier alpha value is -0.0800. The molecule has 0 aromatic rings. The molecule has 2 saturated carbocycles. The highest BCUT2D eigenvalue weighted by Crippen LogP contribution is 2.54. The van der Waals surface area contributed by atoms with E-state index in [1.54, 1.807) is 0 Å². The van der Waals surface area contributed by atoms with Crippen LogP contribution in [0.1, 0.15) is 72.1 Å². The third-order valence-corrected chi connectivity index (χ3v) is 5.91. The third-order valence-electron chi connectivity index (χ3n) is 5.91. The molecule has 0 aromatic carbocycles. The molecule has 0 aromatic heterocycles. The van der Waals surface area contributed by atoms with Gasteiger partial charge in [-0.25, -0.2) is 0 Å². The Morgan fingerprint density at radius 3 is 2.22 bits per heavy atom. The number of hydrogen-bond acceptors (Lipinski definition) is 2. The van der Waals surface area contributed by atoms with E-state index < -0.39 is 5.60 Å². The molecule has 3 N–H and O–H groups in total. The summed E-state index contributed by atoms with van der Waals surface area (Å²) in [6.45, 7) is 7.63. The summed E-state index contributed by atoms with van der Waals surface area (Å²) in [5.74, 6) is 0.655. The highest BCUT2D eigenvalue weighted by Gasteiger charge is 2.52. The normalized spacial score (nSPS) is 39.5. The maximum Gasteiger partial charge on any atom is 0.0718 e. The topological polar surface area (TPSA) is 46.2 Å². The average Bonchev–Trinajstić information content (AvgIpc) is 2.29. The zero-order valence-corrected chi connectivity index (χ0v) is 12.5. The van der Waals surface area contributed by atoms with Gasteiger partial charge in [0.05, 0.1) is 5.60 Å². The van der Waals surface area contributed by atoms with Crippen LogP contribution in [0.3, 0.4) is 0 Å². The standard InChI is InChI=1S/C16H31NO/c1-13-5-4-6-16(18,11-13)15(12-17)9-7-14(2,3)8-10-15/h13,18H,4-12,17H2,1-3H3. The van der Waals surface area contributed by atoms with Crippen molar-refractivity contribution in [2.45, 2.75) is 77.7 Å². The zero-order valence-electron chi connectivity index (χ0n) is 12.5. The highest BCUT2D eigenvalue weighted by atomic mass is 16.3. The first kappa shape index (κ1) is 14.3. The molecule has 2 unspecified atom stereocenters. The van der Waals surface area contributed by atoms with Gasteiger partial charge in [-0.15, -0.1) is 0 Å². The van der Waals surface area contributed by atoms with Gasteiger partial charge in [0.25, 0.3) is 0 Å². The lowest BCUT2D eigenvalue weighted by atomic mass is 9.54. The second kappa shape index (κ2) is 4.79. The summed E-state index contributed by atoms with van der Waals surface area (Å²) in [5.41, 5.74) is 6.08. The minimum absolute atomic E-state index is 0.00278. The van der Waals surface area contributed by atoms with Crippen LogP contribution < -0.4 is 5.73 Å². The van der Waals surface area contributed by atoms with Crippen molar-refractivity contribution in [3.63, 3.8) is 0 Å². The van der Waals surface area contributed by atoms with Gasteiger partial charge in [-0.3, -0.25) is 0 Å². The average molecular weight is 253 g/mol. The van der Waals surface area contributed by atoms with E-state index in [9.17, 15) is 5.11 Å². The van der Waals surface area contributed by atoms with E-state index in [2.05, 4.69) is 20.8 Å². The second-order valence-corrected chi connectivity index (χ2v) is 7.88. The van der Waals surface area contributed by atoms with E-state index in [-0.39, 0.29) is 5.41 Å². The van der Waals surface area contributed by atoms with Crippen molar-refractivity contribution in [2.75, 3.05) is 6.54 Å². The minimum Gasteiger partial charge on any atom is -0.389 e. The first-order valence-electron chi connectivity index (χ1n) is 7.75. The largest absolute Gasteiger partial charge is 0.389 e. The van der Waals surface area contributed by atoms with Crippen molar-refractivity contribution in [3.05, 3.63) is 0 Å². The fourth-order valence-electron chi connectivity index (χ4n) is 4.27. The van der Waals surface area contributed by atoms with Gasteiger partial charge in [0.15, 0.2) is 0 Å². The van der Waals surface area contributed by atoms with Gasteiger partial charge in [-0.1, -0.05) is 33.6 Å². The predicted molar refractivity (Wildman–Crippen MR) is 76.3 cm³/mol. The van der Waals surface area contributed by atoms with Crippen molar-refractivity contribution >= 4 is 0 Å². The Kier molecular flexibility index (Phi) is 3.81. The third kappa shape index (κ3) is 2.46. The fraction of sp³-hybridized carbons (Fsp3) is 1.00. The molecule has 106 valence electrons. The van der Waals surface area contributed by atoms with Gasteiger partial charge >= 0.3 is 0 Å². The quantitative estimate of drug-likeness (QED) is 0.791. The Morgan fingerprint density at radius 1 is 1.11 bits per heavy atom. The molecule has 0 spiro atoms. The Morgan fingerprint density at radius 2 is 1.72 bits per heavy atom. The van der Waals surface area contributed by atoms with E-state index in [1.165, 1.54) is 25.7 Å². The highest BCUT2D eigenvalue weighted by molar-refractivity contribution is 5.05. The first-order valence-corrected chi connectivity index (χ1v) is 7.75. The van der Waals surface area contributed by atoms with Crippen LogP contribution in [0.15, 0.2) is 0 Å². The smallest absolute Gasteiger partial charge is 0.0718 e. The molecule has 0 saturated heterocycles. The number of nitrogens with two attached hydrogens (primary N) is 1. The minimum atomic E-state index is -0.490. The van der Waals surface area contributed by atoms with Crippen LogP contribution in [0.4, 0.5) is 0 Å². The molecule has 2 rings (SSSR count). The van der Waals surface area contributed by atoms with E-state index in [1.807, 2.05) is 0 Å². The maximum absolute atomic E-state index is 11.2. The molecule has 2 aliphatic rings. The summed E-state index contributed by atoms with van der Waals surface area (Å²) in [5, 5.41) is 11.2. The molecular weight excluding hydrogens is 222 g/mol. The summed E-state index contributed by atoms with van der Waals surface area (Å²) >= 11 is 0. The molecule has 0 radical (unpaired) electrons. The van der Waals surface area contributed by atoms with Crippen molar-refractivity contribution < 1.29 is 5.11 Å². The van der Waals surface area contributed by atoms with E-state index >= 15 is 0 Å². The van der Waals surface area contributed by atoms with Gasteiger partial charge in [0.1, 0.15) is 0 Å². The van der Waals surface area contributed by atoms with Crippen LogP contribution in [0.2, 0.25) is 0 Å². The molecule has 0 heterocycles. The lowest BCUT2D eigenvalue weighted by Crippen LogP contribution is -2.56. The van der Waals surface area contributed by atoms with Crippen LogP contribution in [-0.4, -0.2) is 17.3 Å². The summed E-state index contributed by atoms with van der Waals surface area (Å²) in [6.07, 6.45) is 9.01. The van der Waals surface area contributed by atoms with Crippen molar-refractivity contribution in [1.29, 1.82) is 0 Å². The fourth-order valence-corrected chi connectivity index (χ4v) is 4.27. The van der Waals surface area contributed by atoms with Crippen LogP contribution in [-0.2, 0) is 0 Å². The molecule has 2 nitrogen and oxygen atoms in total.